The van der Waals surface area contributed by atoms with E-state index in [1.165, 1.54) is 6.07 Å². The lowest BCUT2D eigenvalue weighted by atomic mass is 10.1. The highest BCUT2D eigenvalue weighted by Crippen LogP contribution is 2.29. The van der Waals surface area contributed by atoms with Gasteiger partial charge in [0.15, 0.2) is 0 Å². The maximum absolute atomic E-state index is 13.0. The summed E-state index contributed by atoms with van der Waals surface area (Å²) in [4.78, 5) is 14.4. The minimum absolute atomic E-state index is 0.256. The molecule has 0 fully saturated rings. The van der Waals surface area contributed by atoms with Crippen LogP contribution in [0.4, 0.5) is 23.7 Å². The molecule has 0 atom stereocenters. The van der Waals surface area contributed by atoms with Crippen molar-refractivity contribution in [2.45, 2.75) is 19.3 Å². The van der Waals surface area contributed by atoms with Crippen molar-refractivity contribution in [2.75, 3.05) is 19.0 Å². The number of rotatable bonds is 8. The molecule has 0 bridgehead atoms. The Labute approximate surface area is 184 Å². The molecule has 0 saturated heterocycles. The molecule has 3 rings (SSSR count). The van der Waals surface area contributed by atoms with Crippen LogP contribution in [0.2, 0.25) is 0 Å². The smallest absolute Gasteiger partial charge is 0.416 e. The maximum atomic E-state index is 13.0. The number of amides is 2. The number of carbonyl (C=O) groups excluding carboxylic acids is 1. The molecule has 5 nitrogen and oxygen atoms in total. The molecule has 0 unspecified atom stereocenters. The van der Waals surface area contributed by atoms with Crippen molar-refractivity contribution in [3.05, 3.63) is 96.3 Å². The predicted molar refractivity (Wildman–Crippen MR) is 118 cm³/mol. The Balaban J connectivity index is 1.74. The number of aromatic nitrogens is 1. The molecule has 0 radical (unpaired) electrons. The average Bonchev–Trinajstić information content (AvgIpc) is 3.19. The third-order valence-electron chi connectivity index (χ3n) is 4.84. The summed E-state index contributed by atoms with van der Waals surface area (Å²) in [5, 5.41) is 2.83. The third-order valence-corrected chi connectivity index (χ3v) is 4.84. The highest BCUT2D eigenvalue weighted by Gasteiger charge is 2.30. The van der Waals surface area contributed by atoms with Gasteiger partial charge in [0.05, 0.1) is 19.2 Å². The molecule has 0 saturated carbocycles. The molecular weight excluding hydrogens is 419 g/mol. The Kier molecular flexibility index (Phi) is 7.25. The Bertz CT molecular complexity index is 1080. The number of benzene rings is 2. The molecule has 0 aliphatic heterocycles. The summed E-state index contributed by atoms with van der Waals surface area (Å²) in [6.07, 6.45) is -0.999. The SMILES string of the molecule is C=CCN(Cc1cccn1Cc1cccc(C(F)(F)F)c1)C(=O)Nc1cccc(OC)c1. The van der Waals surface area contributed by atoms with Crippen LogP contribution < -0.4 is 10.1 Å². The topological polar surface area (TPSA) is 46.5 Å². The fraction of sp³-hybridized carbons (Fsp3) is 0.208. The lowest BCUT2D eigenvalue weighted by Crippen LogP contribution is -2.35. The minimum atomic E-state index is -4.39. The molecule has 8 heteroatoms. The number of alkyl halides is 3. The minimum Gasteiger partial charge on any atom is -0.497 e. The molecule has 1 aromatic heterocycles. The zero-order chi connectivity index (χ0) is 23.1. The van der Waals surface area contributed by atoms with Crippen molar-refractivity contribution in [3.8, 4) is 5.75 Å². The van der Waals surface area contributed by atoms with Gasteiger partial charge in [0, 0.05) is 36.7 Å². The van der Waals surface area contributed by atoms with E-state index >= 15 is 0 Å². The van der Waals surface area contributed by atoms with Gasteiger partial charge in [-0.05, 0) is 42.0 Å². The number of anilines is 1. The van der Waals surface area contributed by atoms with E-state index in [0.717, 1.165) is 17.8 Å². The summed E-state index contributed by atoms with van der Waals surface area (Å²) in [7, 11) is 1.55. The van der Waals surface area contributed by atoms with Gasteiger partial charge in [0.2, 0.25) is 0 Å². The van der Waals surface area contributed by atoms with E-state index in [2.05, 4.69) is 11.9 Å². The Morgan fingerprint density at radius 1 is 1.16 bits per heavy atom. The lowest BCUT2D eigenvalue weighted by molar-refractivity contribution is -0.137. The third kappa shape index (κ3) is 5.94. The fourth-order valence-electron chi connectivity index (χ4n) is 3.26. The van der Waals surface area contributed by atoms with E-state index in [0.29, 0.717) is 23.5 Å². The van der Waals surface area contributed by atoms with Crippen LogP contribution in [0.5, 0.6) is 5.75 Å². The van der Waals surface area contributed by atoms with Crippen LogP contribution in [-0.2, 0) is 19.3 Å². The predicted octanol–water partition coefficient (Wildman–Crippen LogP) is 5.78. The maximum Gasteiger partial charge on any atom is 0.416 e. The Morgan fingerprint density at radius 2 is 1.94 bits per heavy atom. The molecule has 3 aromatic rings. The number of nitrogens with one attached hydrogen (secondary N) is 1. The first kappa shape index (κ1) is 23.0. The van der Waals surface area contributed by atoms with Crippen LogP contribution in [0.3, 0.4) is 0 Å². The number of carbonyl (C=O) groups is 1. The number of urea groups is 1. The van der Waals surface area contributed by atoms with Gasteiger partial charge in [-0.2, -0.15) is 13.2 Å². The van der Waals surface area contributed by atoms with E-state index in [-0.39, 0.29) is 19.1 Å². The number of nitrogens with zero attached hydrogens (tertiary/aromatic N) is 2. The highest BCUT2D eigenvalue weighted by atomic mass is 19.4. The molecule has 2 aromatic carbocycles. The van der Waals surface area contributed by atoms with Gasteiger partial charge < -0.3 is 19.5 Å². The molecule has 32 heavy (non-hydrogen) atoms. The second kappa shape index (κ2) is 10.1. The first-order chi connectivity index (χ1) is 15.3. The monoisotopic (exact) mass is 443 g/mol. The van der Waals surface area contributed by atoms with E-state index in [1.54, 1.807) is 60.7 Å². The summed E-state index contributed by atoms with van der Waals surface area (Å²) in [5.41, 5.74) is 1.20. The molecule has 168 valence electrons. The quantitative estimate of drug-likeness (QED) is 0.449. The highest BCUT2D eigenvalue weighted by molar-refractivity contribution is 5.89. The van der Waals surface area contributed by atoms with Crippen molar-refractivity contribution in [3.63, 3.8) is 0 Å². The van der Waals surface area contributed by atoms with Gasteiger partial charge in [-0.15, -0.1) is 6.58 Å². The van der Waals surface area contributed by atoms with Crippen molar-refractivity contribution >= 4 is 11.7 Å². The molecule has 1 N–H and O–H groups in total. The summed E-state index contributed by atoms with van der Waals surface area (Å²) in [5.74, 6) is 0.619. The summed E-state index contributed by atoms with van der Waals surface area (Å²) in [6.45, 7) is 4.52. The lowest BCUT2D eigenvalue weighted by Gasteiger charge is -2.23. The van der Waals surface area contributed by atoms with Crippen molar-refractivity contribution in [2.24, 2.45) is 0 Å². The largest absolute Gasteiger partial charge is 0.497 e. The van der Waals surface area contributed by atoms with Crippen LogP contribution >= 0.6 is 0 Å². The molecule has 0 spiro atoms. The summed E-state index contributed by atoms with van der Waals surface area (Å²) in [6, 6.07) is 15.5. The van der Waals surface area contributed by atoms with Crippen LogP contribution in [0.1, 0.15) is 16.8 Å². The van der Waals surface area contributed by atoms with Crippen molar-refractivity contribution in [1.29, 1.82) is 0 Å². The van der Waals surface area contributed by atoms with E-state index in [9.17, 15) is 18.0 Å². The zero-order valence-corrected chi connectivity index (χ0v) is 17.6. The number of halogens is 3. The van der Waals surface area contributed by atoms with Gasteiger partial charge in [-0.1, -0.05) is 24.3 Å². The zero-order valence-electron chi connectivity index (χ0n) is 17.6. The van der Waals surface area contributed by atoms with Crippen LogP contribution in [0, 0.1) is 0 Å². The fourth-order valence-corrected chi connectivity index (χ4v) is 3.26. The van der Waals surface area contributed by atoms with Crippen molar-refractivity contribution < 1.29 is 22.7 Å². The first-order valence-electron chi connectivity index (χ1n) is 9.91. The molecule has 1 heterocycles. The number of hydrogen-bond acceptors (Lipinski definition) is 2. The second-order valence-electron chi connectivity index (χ2n) is 7.16. The molecule has 2 amide bonds. The second-order valence-corrected chi connectivity index (χ2v) is 7.16. The summed E-state index contributed by atoms with van der Waals surface area (Å²) >= 11 is 0. The first-order valence-corrected chi connectivity index (χ1v) is 9.91. The Morgan fingerprint density at radius 3 is 2.66 bits per heavy atom. The van der Waals surface area contributed by atoms with Gasteiger partial charge in [0.25, 0.3) is 0 Å². The number of hydrogen-bond donors (Lipinski definition) is 1. The van der Waals surface area contributed by atoms with E-state index < -0.39 is 11.7 Å². The number of ether oxygens (including phenoxy) is 1. The van der Waals surface area contributed by atoms with Crippen LogP contribution in [-0.4, -0.2) is 29.2 Å². The Hall–Kier alpha value is -3.68. The van der Waals surface area contributed by atoms with E-state index in [1.807, 2.05) is 10.6 Å². The average molecular weight is 443 g/mol. The van der Waals surface area contributed by atoms with Crippen molar-refractivity contribution in [1.82, 2.24) is 9.47 Å². The van der Waals surface area contributed by atoms with E-state index in [4.69, 9.17) is 4.74 Å². The molecule has 0 aliphatic carbocycles. The van der Waals surface area contributed by atoms with Gasteiger partial charge in [-0.25, -0.2) is 4.79 Å². The van der Waals surface area contributed by atoms with Gasteiger partial charge in [0.1, 0.15) is 5.75 Å². The number of methoxy groups -OCH3 is 1. The standard InChI is InChI=1S/C24H24F3N3O2/c1-3-12-30(23(31)28-20-9-5-11-22(15-20)32-2)17-21-10-6-13-29(21)16-18-7-4-8-19(14-18)24(25,26)27/h3-11,13-15H,1,12,16-17H2,2H3,(H,28,31). The summed E-state index contributed by atoms with van der Waals surface area (Å²) < 4.78 is 46.1. The van der Waals surface area contributed by atoms with Gasteiger partial charge in [-0.3, -0.25) is 0 Å². The van der Waals surface area contributed by atoms with Gasteiger partial charge >= 0.3 is 12.2 Å². The molecule has 0 aliphatic rings. The molecular formula is C24H24F3N3O2. The normalized spacial score (nSPS) is 11.1. The van der Waals surface area contributed by atoms with Crippen LogP contribution in [0.25, 0.3) is 0 Å². The van der Waals surface area contributed by atoms with Crippen LogP contribution in [0.15, 0.2) is 79.5 Å².